The number of nitrogens with zero attached hydrogens (tertiary/aromatic N) is 6. The molecule has 16 heteroatoms. The van der Waals surface area contributed by atoms with Gasteiger partial charge in [-0.15, -0.1) is 11.6 Å². The minimum absolute atomic E-state index is 0.0159. The number of rotatable bonds is 13. The van der Waals surface area contributed by atoms with E-state index in [4.69, 9.17) is 21.4 Å². The van der Waals surface area contributed by atoms with Gasteiger partial charge in [0.15, 0.2) is 6.73 Å². The standard InChI is InChI=1S/C53H59ClN8O7/c1-34-25-37(28-42-32-62(57-48(34)42)33-69-52(67)39-10-7-35(8-11-39)26-36-9-12-44(51(65)66)41(27-36)31-54)29-47(50(64)60-23-21-59(22-24-60)43-15-17-58(2)18-16-43)56-53(68)61-19-13-38(14-20-61)45-30-40-5-3-4-6-46(40)55-49(45)63/h3-12,25,27-28,30,32,38,43,47H,13-24,26,29,31,33H2,1-2H3,(H,55,63)(H,56,68)(H,65,66)/t47-/m1/s1. The number of urea groups is 1. The van der Waals surface area contributed by atoms with Crippen LogP contribution >= 0.6 is 11.6 Å². The topological polar surface area (TPSA) is 173 Å². The van der Waals surface area contributed by atoms with Gasteiger partial charge in [0.25, 0.3) is 5.56 Å². The summed E-state index contributed by atoms with van der Waals surface area (Å²) in [6.07, 6.45) is 6.14. The zero-order valence-electron chi connectivity index (χ0n) is 39.2. The van der Waals surface area contributed by atoms with Crippen molar-refractivity contribution in [2.24, 2.45) is 0 Å². The molecule has 360 valence electrons. The molecule has 2 aromatic heterocycles. The summed E-state index contributed by atoms with van der Waals surface area (Å²) in [7, 11) is 2.16. The minimum atomic E-state index is -1.02. The maximum absolute atomic E-state index is 14.5. The van der Waals surface area contributed by atoms with E-state index in [1.54, 1.807) is 39.9 Å². The third kappa shape index (κ3) is 11.0. The molecule has 1 atom stereocenters. The molecule has 15 nitrogen and oxygen atoms in total. The number of para-hydroxylation sites is 1. The van der Waals surface area contributed by atoms with Crippen LogP contribution in [0, 0.1) is 6.92 Å². The molecule has 3 fully saturated rings. The molecule has 0 spiro atoms. The fraction of sp³-hybridized carbons (Fsp3) is 0.396. The van der Waals surface area contributed by atoms with Crippen molar-refractivity contribution in [1.29, 1.82) is 0 Å². The number of nitrogens with one attached hydrogen (secondary N) is 2. The van der Waals surface area contributed by atoms with Crippen LogP contribution in [0.3, 0.4) is 0 Å². The number of benzene rings is 4. The highest BCUT2D eigenvalue weighted by Gasteiger charge is 2.34. The number of pyridine rings is 1. The van der Waals surface area contributed by atoms with Gasteiger partial charge >= 0.3 is 18.0 Å². The molecule has 9 rings (SSSR count). The van der Waals surface area contributed by atoms with Crippen LogP contribution in [0.1, 0.15) is 85.7 Å². The monoisotopic (exact) mass is 954 g/mol. The normalized spacial score (nSPS) is 17.0. The van der Waals surface area contributed by atoms with E-state index in [1.807, 2.05) is 72.6 Å². The zero-order chi connectivity index (χ0) is 48.2. The third-order valence-corrected chi connectivity index (χ3v) is 14.5. The number of carboxylic acid groups (broad SMARTS) is 1. The number of piperazine rings is 1. The number of carbonyl (C=O) groups is 4. The predicted molar refractivity (Wildman–Crippen MR) is 265 cm³/mol. The summed E-state index contributed by atoms with van der Waals surface area (Å²) >= 11 is 6.01. The van der Waals surface area contributed by atoms with Crippen molar-refractivity contribution in [2.45, 2.75) is 76.1 Å². The molecular formula is C53H59ClN8O7. The third-order valence-electron chi connectivity index (χ3n) is 14.2. The number of aryl methyl sites for hydroxylation is 1. The average molecular weight is 956 g/mol. The Morgan fingerprint density at radius 2 is 1.55 bits per heavy atom. The Balaban J connectivity index is 0.855. The van der Waals surface area contributed by atoms with Crippen LogP contribution in [0.15, 0.2) is 95.9 Å². The van der Waals surface area contributed by atoms with Crippen molar-refractivity contribution in [1.82, 2.24) is 39.7 Å². The smallest absolute Gasteiger partial charge is 0.339 e. The van der Waals surface area contributed by atoms with Crippen LogP contribution in [0.5, 0.6) is 0 Å². The first-order valence-electron chi connectivity index (χ1n) is 23.9. The summed E-state index contributed by atoms with van der Waals surface area (Å²) in [4.78, 5) is 78.0. The number of halogens is 1. The van der Waals surface area contributed by atoms with Gasteiger partial charge < -0.3 is 34.8 Å². The molecular weight excluding hydrogens is 896 g/mol. The van der Waals surface area contributed by atoms with Gasteiger partial charge in [0.05, 0.1) is 16.6 Å². The molecule has 3 aliphatic heterocycles. The number of aromatic carboxylic acids is 1. The second-order valence-corrected chi connectivity index (χ2v) is 19.2. The van der Waals surface area contributed by atoms with Gasteiger partial charge in [-0.05, 0) is 135 Å². The van der Waals surface area contributed by atoms with E-state index >= 15 is 0 Å². The number of hydrogen-bond acceptors (Lipinski definition) is 9. The Morgan fingerprint density at radius 3 is 2.28 bits per heavy atom. The summed E-state index contributed by atoms with van der Waals surface area (Å²) in [6, 6.07) is 25.3. The predicted octanol–water partition coefficient (Wildman–Crippen LogP) is 6.77. The van der Waals surface area contributed by atoms with Gasteiger partial charge in [0.1, 0.15) is 6.04 Å². The molecule has 0 unspecified atom stereocenters. The number of aromatic nitrogens is 3. The van der Waals surface area contributed by atoms with E-state index in [-0.39, 0.29) is 48.0 Å². The SMILES string of the molecule is Cc1cc(C[C@@H](NC(=O)N2CCC(c3cc4ccccc4[nH]c3=O)CC2)C(=O)N2CCN(C3CCN(C)CC3)CC2)cc2cn(COC(=O)c3ccc(Cc4ccc(C(=O)O)c(CCl)c4)cc3)nc12. The molecule has 3 amide bonds. The Kier molecular flexibility index (Phi) is 14.4. The lowest BCUT2D eigenvalue weighted by Crippen LogP contribution is -2.59. The number of hydrogen-bond donors (Lipinski definition) is 3. The van der Waals surface area contributed by atoms with Gasteiger partial charge in [-0.1, -0.05) is 48.5 Å². The van der Waals surface area contributed by atoms with E-state index in [9.17, 15) is 29.1 Å². The van der Waals surface area contributed by atoms with Gasteiger partial charge in [-0.2, -0.15) is 5.10 Å². The molecule has 0 saturated carbocycles. The highest BCUT2D eigenvalue weighted by atomic mass is 35.5. The Morgan fingerprint density at radius 1 is 0.826 bits per heavy atom. The number of carbonyl (C=O) groups excluding carboxylic acids is 3. The first kappa shape index (κ1) is 47.5. The number of aromatic amines is 1. The van der Waals surface area contributed by atoms with Crippen LogP contribution in [0.2, 0.25) is 0 Å². The van der Waals surface area contributed by atoms with E-state index < -0.39 is 18.0 Å². The summed E-state index contributed by atoms with van der Waals surface area (Å²) < 4.78 is 7.25. The Bertz CT molecular complexity index is 2910. The van der Waals surface area contributed by atoms with E-state index in [0.717, 1.165) is 88.6 Å². The maximum atomic E-state index is 14.5. The molecule has 3 saturated heterocycles. The van der Waals surface area contributed by atoms with E-state index in [2.05, 4.69) is 27.1 Å². The highest BCUT2D eigenvalue weighted by molar-refractivity contribution is 6.17. The van der Waals surface area contributed by atoms with Gasteiger partial charge in [0, 0.05) is 80.3 Å². The number of carboxylic acids is 1. The second kappa shape index (κ2) is 21.0. The molecule has 5 heterocycles. The first-order valence-corrected chi connectivity index (χ1v) is 24.4. The van der Waals surface area contributed by atoms with Crippen molar-refractivity contribution < 1.29 is 29.0 Å². The van der Waals surface area contributed by atoms with Crippen LogP contribution in [0.25, 0.3) is 21.8 Å². The van der Waals surface area contributed by atoms with Crippen molar-refractivity contribution in [2.75, 3.05) is 59.4 Å². The molecule has 0 radical (unpaired) electrons. The van der Waals surface area contributed by atoms with Crippen molar-refractivity contribution >= 4 is 57.3 Å². The second-order valence-electron chi connectivity index (χ2n) is 18.9. The maximum Gasteiger partial charge on any atom is 0.339 e. The van der Waals surface area contributed by atoms with Crippen LogP contribution in [-0.2, 0) is 35.0 Å². The molecule has 3 aliphatic rings. The van der Waals surface area contributed by atoms with Gasteiger partial charge in [0.2, 0.25) is 5.91 Å². The number of H-pyrrole nitrogens is 1. The summed E-state index contributed by atoms with van der Waals surface area (Å²) in [5.74, 6) is -1.53. The van der Waals surface area contributed by atoms with Crippen LogP contribution < -0.4 is 10.9 Å². The van der Waals surface area contributed by atoms with Crippen molar-refractivity contribution in [3.05, 3.63) is 146 Å². The average Bonchev–Trinajstić information content (AvgIpc) is 3.79. The number of likely N-dealkylation sites (tertiary alicyclic amines) is 2. The number of piperidine rings is 2. The molecule has 3 N–H and O–H groups in total. The highest BCUT2D eigenvalue weighted by Crippen LogP contribution is 2.28. The minimum Gasteiger partial charge on any atom is -0.478 e. The number of amides is 3. The van der Waals surface area contributed by atoms with Crippen molar-refractivity contribution in [3.63, 3.8) is 0 Å². The fourth-order valence-corrected chi connectivity index (χ4v) is 10.5. The number of ether oxygens (including phenoxy) is 1. The fourth-order valence-electron chi connectivity index (χ4n) is 10.3. The lowest BCUT2D eigenvalue weighted by Gasteiger charge is -2.43. The first-order chi connectivity index (χ1) is 33.4. The lowest BCUT2D eigenvalue weighted by molar-refractivity contribution is -0.135. The summed E-state index contributed by atoms with van der Waals surface area (Å²) in [5.41, 5.74) is 6.88. The molecule has 4 aromatic carbocycles. The number of alkyl halides is 1. The van der Waals surface area contributed by atoms with Crippen LogP contribution in [0.4, 0.5) is 4.79 Å². The van der Waals surface area contributed by atoms with Gasteiger partial charge in [-0.25, -0.2) is 19.1 Å². The molecule has 69 heavy (non-hydrogen) atoms. The quantitative estimate of drug-likeness (QED) is 0.0829. The summed E-state index contributed by atoms with van der Waals surface area (Å²) in [5, 5.41) is 19.1. The summed E-state index contributed by atoms with van der Waals surface area (Å²) in [6.45, 7) is 7.69. The number of esters is 1. The van der Waals surface area contributed by atoms with E-state index in [0.29, 0.717) is 62.6 Å². The lowest BCUT2D eigenvalue weighted by atomic mass is 9.89. The van der Waals surface area contributed by atoms with Gasteiger partial charge in [-0.3, -0.25) is 14.5 Å². The van der Waals surface area contributed by atoms with Crippen LogP contribution in [-0.4, -0.2) is 135 Å². The Hall–Kier alpha value is -6.55. The largest absolute Gasteiger partial charge is 0.478 e. The molecule has 0 aliphatic carbocycles. The van der Waals surface area contributed by atoms with E-state index in [1.165, 1.54) is 0 Å². The molecule has 6 aromatic rings. The Labute approximate surface area is 406 Å². The van der Waals surface area contributed by atoms with Crippen molar-refractivity contribution in [3.8, 4) is 0 Å². The number of fused-ring (bicyclic) bond motifs is 2. The molecule has 0 bridgehead atoms. The zero-order valence-corrected chi connectivity index (χ0v) is 39.9.